The monoisotopic (exact) mass is 386 g/mol. The number of carbonyl (C=O) groups excluding carboxylic acids is 1. The number of benzene rings is 1. The molecule has 150 valence electrons. The lowest BCUT2D eigenvalue weighted by Gasteiger charge is -2.23. The van der Waals surface area contributed by atoms with Gasteiger partial charge in [0.15, 0.2) is 11.5 Å². The zero-order valence-corrected chi connectivity index (χ0v) is 16.5. The molecule has 1 aromatic carbocycles. The van der Waals surface area contributed by atoms with Gasteiger partial charge in [-0.15, -0.1) is 0 Å². The fourth-order valence-corrected chi connectivity index (χ4v) is 3.34. The van der Waals surface area contributed by atoms with E-state index in [2.05, 4.69) is 10.5 Å². The largest absolute Gasteiger partial charge is 0.493 e. The molecule has 1 amide bonds. The van der Waals surface area contributed by atoms with E-state index in [1.165, 1.54) is 38.6 Å². The Hall–Kier alpha value is -2.80. The molecule has 7 heteroatoms. The van der Waals surface area contributed by atoms with Crippen molar-refractivity contribution < 1.29 is 23.6 Å². The van der Waals surface area contributed by atoms with E-state index in [0.29, 0.717) is 29.4 Å². The van der Waals surface area contributed by atoms with Crippen LogP contribution in [0.5, 0.6) is 11.5 Å². The molecule has 3 rings (SSSR count). The number of hydrogen-bond donors (Lipinski definition) is 2. The first kappa shape index (κ1) is 19.9. The lowest BCUT2D eigenvalue weighted by Crippen LogP contribution is -3.13. The third kappa shape index (κ3) is 5.36. The quantitative estimate of drug-likeness (QED) is 0.536. The number of piperidine rings is 1. The topological polar surface area (TPSA) is 77.5 Å². The van der Waals surface area contributed by atoms with Crippen molar-refractivity contribution in [3.63, 3.8) is 0 Å². The number of nitrogens with zero attached hydrogens (tertiary/aromatic N) is 1. The molecule has 7 nitrogen and oxygen atoms in total. The van der Waals surface area contributed by atoms with Gasteiger partial charge in [0.25, 0.3) is 5.91 Å². The molecule has 0 atom stereocenters. The fourth-order valence-electron chi connectivity index (χ4n) is 3.34. The summed E-state index contributed by atoms with van der Waals surface area (Å²) in [6.07, 6.45) is 7.01. The number of rotatable bonds is 8. The number of quaternary nitrogens is 1. The van der Waals surface area contributed by atoms with Crippen LogP contribution in [0.25, 0.3) is 0 Å². The van der Waals surface area contributed by atoms with Gasteiger partial charge in [0.2, 0.25) is 0 Å². The minimum Gasteiger partial charge on any atom is -0.493 e. The van der Waals surface area contributed by atoms with E-state index in [1.807, 2.05) is 18.2 Å². The van der Waals surface area contributed by atoms with Gasteiger partial charge in [-0.3, -0.25) is 4.79 Å². The van der Waals surface area contributed by atoms with E-state index >= 15 is 0 Å². The summed E-state index contributed by atoms with van der Waals surface area (Å²) in [6, 6.07) is 7.20. The molecular weight excluding hydrogens is 358 g/mol. The molecule has 0 unspecified atom stereocenters. The van der Waals surface area contributed by atoms with Gasteiger partial charge in [-0.2, -0.15) is 5.10 Å². The number of amides is 1. The van der Waals surface area contributed by atoms with Crippen LogP contribution < -0.4 is 19.8 Å². The SMILES string of the molecule is COc1cc(C=NNC(=O)c2ccoc2C)ccc1OCC[NH+]1CCCCC1. The van der Waals surface area contributed by atoms with E-state index in [0.717, 1.165) is 12.1 Å². The highest BCUT2D eigenvalue weighted by molar-refractivity contribution is 5.95. The lowest BCUT2D eigenvalue weighted by molar-refractivity contribution is -0.904. The average molecular weight is 386 g/mol. The normalized spacial score (nSPS) is 14.9. The van der Waals surface area contributed by atoms with Crippen molar-refractivity contribution in [1.82, 2.24) is 5.43 Å². The number of hydrazone groups is 1. The molecule has 2 aromatic rings. The maximum absolute atomic E-state index is 12.0. The third-order valence-electron chi connectivity index (χ3n) is 4.94. The Morgan fingerprint density at radius 2 is 2.07 bits per heavy atom. The number of likely N-dealkylation sites (tertiary alicyclic amines) is 1. The smallest absolute Gasteiger partial charge is 0.274 e. The second-order valence-corrected chi connectivity index (χ2v) is 6.91. The van der Waals surface area contributed by atoms with E-state index in [1.54, 1.807) is 31.2 Å². The average Bonchev–Trinajstić information content (AvgIpc) is 3.15. The van der Waals surface area contributed by atoms with Gasteiger partial charge >= 0.3 is 0 Å². The predicted octanol–water partition coefficient (Wildman–Crippen LogP) is 1.81. The fraction of sp³-hybridized carbons (Fsp3) is 0.429. The van der Waals surface area contributed by atoms with Gasteiger partial charge in [-0.25, -0.2) is 5.43 Å². The first-order valence-electron chi connectivity index (χ1n) is 9.69. The van der Waals surface area contributed by atoms with Crippen molar-refractivity contribution >= 4 is 12.1 Å². The molecule has 1 aliphatic rings. The van der Waals surface area contributed by atoms with Gasteiger partial charge < -0.3 is 18.8 Å². The van der Waals surface area contributed by atoms with Crippen molar-refractivity contribution in [1.29, 1.82) is 0 Å². The summed E-state index contributed by atoms with van der Waals surface area (Å²) in [5.74, 6) is 1.61. The number of furan rings is 1. The predicted molar refractivity (Wildman–Crippen MR) is 106 cm³/mol. The van der Waals surface area contributed by atoms with E-state index < -0.39 is 0 Å². The Labute approximate surface area is 165 Å². The first-order chi connectivity index (χ1) is 13.7. The number of hydrogen-bond acceptors (Lipinski definition) is 5. The zero-order valence-electron chi connectivity index (χ0n) is 16.5. The van der Waals surface area contributed by atoms with Crippen LogP contribution in [0, 0.1) is 6.92 Å². The van der Waals surface area contributed by atoms with Gasteiger partial charge in [0, 0.05) is 0 Å². The van der Waals surface area contributed by atoms with Crippen LogP contribution in [-0.2, 0) is 0 Å². The Bertz CT molecular complexity index is 810. The number of aryl methyl sites for hydroxylation is 1. The van der Waals surface area contributed by atoms with Crippen LogP contribution in [0.3, 0.4) is 0 Å². The second kappa shape index (κ2) is 9.94. The zero-order chi connectivity index (χ0) is 19.8. The molecule has 0 bridgehead atoms. The van der Waals surface area contributed by atoms with Crippen LogP contribution >= 0.6 is 0 Å². The Kier molecular flexibility index (Phi) is 7.08. The Morgan fingerprint density at radius 3 is 2.79 bits per heavy atom. The van der Waals surface area contributed by atoms with Crippen molar-refractivity contribution in [3.05, 3.63) is 47.4 Å². The highest BCUT2D eigenvalue weighted by Crippen LogP contribution is 2.27. The van der Waals surface area contributed by atoms with Crippen LogP contribution in [-0.4, -0.2) is 45.5 Å². The first-order valence-corrected chi connectivity index (χ1v) is 9.69. The molecule has 0 spiro atoms. The Morgan fingerprint density at radius 1 is 1.25 bits per heavy atom. The third-order valence-corrected chi connectivity index (χ3v) is 4.94. The number of ether oxygens (including phenoxy) is 2. The molecule has 2 N–H and O–H groups in total. The van der Waals surface area contributed by atoms with Crippen molar-refractivity contribution in [2.75, 3.05) is 33.4 Å². The highest BCUT2D eigenvalue weighted by atomic mass is 16.5. The van der Waals surface area contributed by atoms with Gasteiger partial charge in [-0.1, -0.05) is 0 Å². The molecule has 0 aliphatic carbocycles. The van der Waals surface area contributed by atoms with Crippen LogP contribution in [0.4, 0.5) is 0 Å². The number of methoxy groups -OCH3 is 1. The van der Waals surface area contributed by atoms with Gasteiger partial charge in [0.1, 0.15) is 18.9 Å². The lowest BCUT2D eigenvalue weighted by atomic mass is 10.1. The second-order valence-electron chi connectivity index (χ2n) is 6.91. The molecule has 1 aliphatic heterocycles. The standard InChI is InChI=1S/C21H27N3O4/c1-16-18(8-12-27-16)21(25)23-22-15-17-6-7-19(20(14-17)26-2)28-13-11-24-9-4-3-5-10-24/h6-8,12,14-15H,3-5,9-11,13H2,1-2H3,(H,23,25)/p+1. The van der Waals surface area contributed by atoms with Crippen LogP contribution in [0.15, 0.2) is 40.0 Å². The summed E-state index contributed by atoms with van der Waals surface area (Å²) < 4.78 is 16.5. The maximum Gasteiger partial charge on any atom is 0.274 e. The van der Waals surface area contributed by atoms with Gasteiger partial charge in [0.05, 0.1) is 38.2 Å². The molecule has 1 saturated heterocycles. The number of nitrogens with one attached hydrogen (secondary N) is 2. The minimum atomic E-state index is -0.311. The molecule has 28 heavy (non-hydrogen) atoms. The molecule has 2 heterocycles. The molecule has 0 saturated carbocycles. The van der Waals surface area contributed by atoms with Crippen molar-refractivity contribution in [3.8, 4) is 11.5 Å². The van der Waals surface area contributed by atoms with Gasteiger partial charge in [-0.05, 0) is 56.0 Å². The molecular formula is C21H28N3O4+. The molecule has 1 fully saturated rings. The summed E-state index contributed by atoms with van der Waals surface area (Å²) in [4.78, 5) is 13.6. The summed E-state index contributed by atoms with van der Waals surface area (Å²) in [6.45, 7) is 5.87. The van der Waals surface area contributed by atoms with E-state index in [9.17, 15) is 4.79 Å². The highest BCUT2D eigenvalue weighted by Gasteiger charge is 2.14. The molecule has 1 aromatic heterocycles. The maximum atomic E-state index is 12.0. The van der Waals surface area contributed by atoms with Crippen molar-refractivity contribution in [2.24, 2.45) is 5.10 Å². The summed E-state index contributed by atoms with van der Waals surface area (Å²) >= 11 is 0. The summed E-state index contributed by atoms with van der Waals surface area (Å²) in [7, 11) is 1.61. The van der Waals surface area contributed by atoms with E-state index in [-0.39, 0.29) is 5.91 Å². The number of carbonyl (C=O) groups is 1. The van der Waals surface area contributed by atoms with Crippen LogP contribution in [0.1, 0.15) is 40.9 Å². The molecule has 0 radical (unpaired) electrons. The summed E-state index contributed by atoms with van der Waals surface area (Å²) in [5.41, 5.74) is 3.76. The Balaban J connectivity index is 1.53. The van der Waals surface area contributed by atoms with Crippen LogP contribution in [0.2, 0.25) is 0 Å². The summed E-state index contributed by atoms with van der Waals surface area (Å²) in [5, 5.41) is 4.00. The van der Waals surface area contributed by atoms with Crippen molar-refractivity contribution in [2.45, 2.75) is 26.2 Å². The van der Waals surface area contributed by atoms with E-state index in [4.69, 9.17) is 13.9 Å². The minimum absolute atomic E-state index is 0.311.